The van der Waals surface area contributed by atoms with Crippen molar-refractivity contribution in [2.75, 3.05) is 39.5 Å². The summed E-state index contributed by atoms with van der Waals surface area (Å²) in [5.41, 5.74) is 1.42. The summed E-state index contributed by atoms with van der Waals surface area (Å²) in [7, 11) is 0. The summed E-state index contributed by atoms with van der Waals surface area (Å²) in [5, 5.41) is 0. The summed E-state index contributed by atoms with van der Waals surface area (Å²) >= 11 is 3.55. The second-order valence-corrected chi connectivity index (χ2v) is 5.55. The number of halogens is 1. The zero-order valence-corrected chi connectivity index (χ0v) is 11.3. The highest BCUT2D eigenvalue weighted by molar-refractivity contribution is 9.10. The molecule has 0 bridgehead atoms. The van der Waals surface area contributed by atoms with Gasteiger partial charge in [-0.05, 0) is 17.7 Å². The first-order valence-electron chi connectivity index (χ1n) is 5.98. The third kappa shape index (κ3) is 2.03. The molecule has 2 aliphatic heterocycles. The Kier molecular flexibility index (Phi) is 3.21. The number of rotatable bonds is 2. The molecule has 2 saturated heterocycles. The van der Waals surface area contributed by atoms with Gasteiger partial charge in [0.2, 0.25) is 0 Å². The second-order valence-electron chi connectivity index (χ2n) is 4.63. The minimum absolute atomic E-state index is 0.0769. The molecule has 0 amide bonds. The molecule has 0 atom stereocenters. The first-order valence-corrected chi connectivity index (χ1v) is 6.77. The molecule has 0 radical (unpaired) electrons. The Bertz CT molecular complexity index is 400. The van der Waals surface area contributed by atoms with E-state index in [0.29, 0.717) is 0 Å². The number of hydrogen-bond donors (Lipinski definition) is 0. The fraction of sp³-hybridized carbons (Fsp3) is 0.538. The summed E-state index contributed by atoms with van der Waals surface area (Å²) in [6.07, 6.45) is 0. The van der Waals surface area contributed by atoms with Crippen LogP contribution < -0.4 is 0 Å². The monoisotopic (exact) mass is 297 g/mol. The Morgan fingerprint density at radius 1 is 1.12 bits per heavy atom. The van der Waals surface area contributed by atoms with Crippen LogP contribution in [-0.2, 0) is 15.0 Å². The molecule has 0 N–H and O–H groups in total. The van der Waals surface area contributed by atoms with Crippen molar-refractivity contribution in [1.29, 1.82) is 0 Å². The molecule has 1 aromatic rings. The van der Waals surface area contributed by atoms with E-state index in [0.717, 1.165) is 44.0 Å². The van der Waals surface area contributed by atoms with Crippen molar-refractivity contribution < 1.29 is 9.47 Å². The summed E-state index contributed by atoms with van der Waals surface area (Å²) in [4.78, 5) is 2.50. The molecule has 0 saturated carbocycles. The SMILES string of the molecule is Brc1cccc(C2(N3CCOCC3)COC2)c1. The van der Waals surface area contributed by atoms with Crippen molar-refractivity contribution in [3.8, 4) is 0 Å². The molecule has 3 nitrogen and oxygen atoms in total. The number of ether oxygens (including phenoxy) is 2. The number of morpholine rings is 1. The van der Waals surface area contributed by atoms with Crippen molar-refractivity contribution in [1.82, 2.24) is 4.90 Å². The van der Waals surface area contributed by atoms with Gasteiger partial charge in [0, 0.05) is 17.6 Å². The molecule has 0 aliphatic carbocycles. The first-order chi connectivity index (χ1) is 8.31. The average Bonchev–Trinajstić information content (AvgIpc) is 2.29. The Hall–Kier alpha value is -0.420. The molecular formula is C13H16BrNO2. The predicted molar refractivity (Wildman–Crippen MR) is 69.0 cm³/mol. The van der Waals surface area contributed by atoms with Crippen LogP contribution in [0.15, 0.2) is 28.7 Å². The molecule has 1 aromatic carbocycles. The van der Waals surface area contributed by atoms with Crippen molar-refractivity contribution in [2.24, 2.45) is 0 Å². The average molecular weight is 298 g/mol. The third-order valence-corrected chi connectivity index (χ3v) is 4.15. The predicted octanol–water partition coefficient (Wildman–Crippen LogP) is 2.01. The van der Waals surface area contributed by atoms with Crippen LogP contribution in [0.3, 0.4) is 0 Å². The fourth-order valence-corrected chi connectivity index (χ4v) is 3.00. The molecule has 4 heteroatoms. The standard InChI is InChI=1S/C13H16BrNO2/c14-12-3-1-2-11(8-12)13(9-17-10-13)15-4-6-16-7-5-15/h1-3,8H,4-7,9-10H2. The summed E-state index contributed by atoms with van der Waals surface area (Å²) in [6.45, 7) is 5.24. The number of nitrogens with zero attached hydrogens (tertiary/aromatic N) is 1. The molecular weight excluding hydrogens is 282 g/mol. The molecule has 0 aromatic heterocycles. The van der Waals surface area contributed by atoms with Gasteiger partial charge in [0.15, 0.2) is 0 Å². The van der Waals surface area contributed by atoms with Crippen LogP contribution in [0, 0.1) is 0 Å². The molecule has 0 spiro atoms. The number of benzene rings is 1. The smallest absolute Gasteiger partial charge is 0.0935 e. The van der Waals surface area contributed by atoms with Crippen LogP contribution in [0.2, 0.25) is 0 Å². The lowest BCUT2D eigenvalue weighted by atomic mass is 9.85. The Morgan fingerprint density at radius 2 is 1.88 bits per heavy atom. The van der Waals surface area contributed by atoms with Gasteiger partial charge in [0.05, 0.1) is 32.0 Å². The highest BCUT2D eigenvalue weighted by atomic mass is 79.9. The minimum atomic E-state index is 0.0769. The fourth-order valence-electron chi connectivity index (χ4n) is 2.60. The lowest BCUT2D eigenvalue weighted by Gasteiger charge is -2.51. The van der Waals surface area contributed by atoms with E-state index in [9.17, 15) is 0 Å². The minimum Gasteiger partial charge on any atom is -0.379 e. The normalized spacial score (nSPS) is 24.3. The van der Waals surface area contributed by atoms with Gasteiger partial charge in [-0.2, -0.15) is 0 Å². The lowest BCUT2D eigenvalue weighted by Crippen LogP contribution is -2.62. The van der Waals surface area contributed by atoms with E-state index in [4.69, 9.17) is 9.47 Å². The maximum Gasteiger partial charge on any atom is 0.0935 e. The Balaban J connectivity index is 1.90. The van der Waals surface area contributed by atoms with Crippen molar-refractivity contribution in [2.45, 2.75) is 5.54 Å². The van der Waals surface area contributed by atoms with Crippen molar-refractivity contribution >= 4 is 15.9 Å². The van der Waals surface area contributed by atoms with Gasteiger partial charge in [0.1, 0.15) is 0 Å². The van der Waals surface area contributed by atoms with Gasteiger partial charge in [-0.25, -0.2) is 0 Å². The van der Waals surface area contributed by atoms with E-state index in [-0.39, 0.29) is 5.54 Å². The van der Waals surface area contributed by atoms with E-state index in [1.807, 2.05) is 0 Å². The van der Waals surface area contributed by atoms with Gasteiger partial charge in [0.25, 0.3) is 0 Å². The second kappa shape index (κ2) is 4.69. The van der Waals surface area contributed by atoms with E-state index in [1.54, 1.807) is 0 Å². The van der Waals surface area contributed by atoms with Gasteiger partial charge in [-0.15, -0.1) is 0 Å². The number of hydrogen-bond acceptors (Lipinski definition) is 3. The maximum atomic E-state index is 5.49. The van der Waals surface area contributed by atoms with Crippen molar-refractivity contribution in [3.05, 3.63) is 34.3 Å². The van der Waals surface area contributed by atoms with Crippen LogP contribution in [0.25, 0.3) is 0 Å². The Labute approximate surface area is 110 Å². The summed E-state index contributed by atoms with van der Waals surface area (Å²) < 4.78 is 12.1. The molecule has 92 valence electrons. The first kappa shape index (κ1) is 11.7. The van der Waals surface area contributed by atoms with E-state index in [1.165, 1.54) is 5.56 Å². The highest BCUT2D eigenvalue weighted by Crippen LogP contribution is 2.37. The van der Waals surface area contributed by atoms with Crippen LogP contribution >= 0.6 is 15.9 Å². The molecule has 0 unspecified atom stereocenters. The highest BCUT2D eigenvalue weighted by Gasteiger charge is 2.45. The Morgan fingerprint density at radius 3 is 2.47 bits per heavy atom. The van der Waals surface area contributed by atoms with Gasteiger partial charge < -0.3 is 9.47 Å². The van der Waals surface area contributed by atoms with Crippen LogP contribution in [0.4, 0.5) is 0 Å². The molecule has 2 heterocycles. The van der Waals surface area contributed by atoms with Crippen LogP contribution in [0.1, 0.15) is 5.56 Å². The lowest BCUT2D eigenvalue weighted by molar-refractivity contribution is -0.166. The topological polar surface area (TPSA) is 21.7 Å². The summed E-state index contributed by atoms with van der Waals surface area (Å²) in [6, 6.07) is 8.57. The molecule has 2 aliphatic rings. The van der Waals surface area contributed by atoms with Crippen LogP contribution in [-0.4, -0.2) is 44.4 Å². The van der Waals surface area contributed by atoms with E-state index < -0.39 is 0 Å². The van der Waals surface area contributed by atoms with Gasteiger partial charge >= 0.3 is 0 Å². The van der Waals surface area contributed by atoms with E-state index in [2.05, 4.69) is 45.1 Å². The molecule has 2 fully saturated rings. The maximum absolute atomic E-state index is 5.49. The molecule has 17 heavy (non-hydrogen) atoms. The van der Waals surface area contributed by atoms with Gasteiger partial charge in [-0.1, -0.05) is 28.1 Å². The van der Waals surface area contributed by atoms with Crippen LogP contribution in [0.5, 0.6) is 0 Å². The van der Waals surface area contributed by atoms with Gasteiger partial charge in [-0.3, -0.25) is 4.90 Å². The zero-order valence-electron chi connectivity index (χ0n) is 9.69. The largest absolute Gasteiger partial charge is 0.379 e. The summed E-state index contributed by atoms with van der Waals surface area (Å²) in [5.74, 6) is 0. The third-order valence-electron chi connectivity index (χ3n) is 3.66. The quantitative estimate of drug-likeness (QED) is 0.833. The molecule has 3 rings (SSSR count). The van der Waals surface area contributed by atoms with Crippen molar-refractivity contribution in [3.63, 3.8) is 0 Å². The van der Waals surface area contributed by atoms with E-state index >= 15 is 0 Å². The zero-order chi connectivity index (χ0) is 11.7.